The van der Waals surface area contributed by atoms with Crippen LogP contribution in [0.1, 0.15) is 0 Å². The van der Waals surface area contributed by atoms with Crippen LogP contribution in [0, 0.1) is 0 Å². The van der Waals surface area contributed by atoms with Gasteiger partial charge in [0.2, 0.25) is 0 Å². The second-order valence-corrected chi connectivity index (χ2v) is 1.54. The Morgan fingerprint density at radius 2 is 2.25 bits per heavy atom. The molecule has 0 aromatic carbocycles. The molecule has 0 amide bonds. The van der Waals surface area contributed by atoms with Crippen LogP contribution in [0.3, 0.4) is 0 Å². The zero-order chi connectivity index (χ0) is 6.15. The number of hydrogen-bond donors (Lipinski definition) is 1. The molecule has 0 radical (unpaired) electrons. The zero-order valence-electron chi connectivity index (χ0n) is 4.40. The van der Waals surface area contributed by atoms with E-state index in [4.69, 9.17) is 5.21 Å². The van der Waals surface area contributed by atoms with Crippen LogP contribution < -0.4 is 5.69 Å². The fourth-order valence-corrected chi connectivity index (χ4v) is 0.452. The molecule has 1 heterocycles. The third kappa shape index (κ3) is 0.501. The Bertz CT molecular complexity index is 212. The van der Waals surface area contributed by atoms with Gasteiger partial charge in [0.1, 0.15) is 0 Å². The van der Waals surface area contributed by atoms with Crippen LogP contribution in [-0.2, 0) is 7.05 Å². The van der Waals surface area contributed by atoms with E-state index in [-0.39, 0.29) is 0 Å². The molecule has 0 saturated carbocycles. The average Bonchev–Trinajstić information content (AvgIpc) is 1.98. The Labute approximate surface area is 45.6 Å². The van der Waals surface area contributed by atoms with E-state index in [0.717, 1.165) is 0 Å². The number of imidazole rings is 1. The van der Waals surface area contributed by atoms with Gasteiger partial charge in [-0.1, -0.05) is 0 Å². The minimum Gasteiger partial charge on any atom is -0.424 e. The van der Waals surface area contributed by atoms with Gasteiger partial charge in [-0.2, -0.15) is 0 Å². The average molecular weight is 114 g/mol. The van der Waals surface area contributed by atoms with Crippen LogP contribution in [0.4, 0.5) is 0 Å². The van der Waals surface area contributed by atoms with E-state index >= 15 is 0 Å². The molecule has 0 bridgehead atoms. The van der Waals surface area contributed by atoms with Crippen LogP contribution >= 0.6 is 0 Å². The van der Waals surface area contributed by atoms with E-state index in [2.05, 4.69) is 0 Å². The maximum Gasteiger partial charge on any atom is 0.360 e. The molecule has 4 heteroatoms. The van der Waals surface area contributed by atoms with E-state index in [9.17, 15) is 4.79 Å². The summed E-state index contributed by atoms with van der Waals surface area (Å²) in [4.78, 5) is 10.4. The second kappa shape index (κ2) is 1.40. The van der Waals surface area contributed by atoms with Crippen molar-refractivity contribution in [1.29, 1.82) is 0 Å². The van der Waals surface area contributed by atoms with E-state index in [1.54, 1.807) is 7.05 Å². The highest BCUT2D eigenvalue weighted by atomic mass is 16.5. The summed E-state index contributed by atoms with van der Waals surface area (Å²) < 4.78 is 1.81. The number of nitrogens with zero attached hydrogens (tertiary/aromatic N) is 2. The summed E-state index contributed by atoms with van der Waals surface area (Å²) >= 11 is 0. The van der Waals surface area contributed by atoms with Crippen LogP contribution in [0.15, 0.2) is 17.2 Å². The van der Waals surface area contributed by atoms with Crippen molar-refractivity contribution in [2.75, 3.05) is 0 Å². The highest BCUT2D eigenvalue weighted by Gasteiger charge is 1.91. The summed E-state index contributed by atoms with van der Waals surface area (Å²) in [7, 11) is 1.56. The summed E-state index contributed by atoms with van der Waals surface area (Å²) in [6.45, 7) is 0. The van der Waals surface area contributed by atoms with E-state index < -0.39 is 5.69 Å². The molecule has 0 atom stereocenters. The Hall–Kier alpha value is -1.19. The number of aromatic nitrogens is 2. The third-order valence-corrected chi connectivity index (χ3v) is 0.929. The van der Waals surface area contributed by atoms with Crippen molar-refractivity contribution in [2.45, 2.75) is 0 Å². The van der Waals surface area contributed by atoms with Crippen LogP contribution in [0.2, 0.25) is 0 Å². The summed E-state index contributed by atoms with van der Waals surface area (Å²) in [6, 6.07) is 0. The van der Waals surface area contributed by atoms with Crippen molar-refractivity contribution in [2.24, 2.45) is 7.05 Å². The molecule has 0 fully saturated rings. The Morgan fingerprint density at radius 3 is 2.38 bits per heavy atom. The minimum absolute atomic E-state index is 0.426. The first-order chi connectivity index (χ1) is 3.72. The molecule has 1 N–H and O–H groups in total. The zero-order valence-corrected chi connectivity index (χ0v) is 4.40. The van der Waals surface area contributed by atoms with Gasteiger partial charge >= 0.3 is 5.69 Å². The Morgan fingerprint density at radius 1 is 1.62 bits per heavy atom. The molecule has 1 aromatic rings. The molecule has 0 saturated heterocycles. The molecule has 44 valence electrons. The third-order valence-electron chi connectivity index (χ3n) is 0.929. The summed E-state index contributed by atoms with van der Waals surface area (Å²) in [5, 5.41) is 8.52. The Balaban J connectivity index is 3.42. The predicted octanol–water partition coefficient (Wildman–Crippen LogP) is -0.576. The highest BCUT2D eigenvalue weighted by molar-refractivity contribution is 4.74. The lowest BCUT2D eigenvalue weighted by atomic mass is 10.9. The van der Waals surface area contributed by atoms with Crippen LogP contribution in [-0.4, -0.2) is 14.5 Å². The molecule has 0 aliphatic heterocycles. The van der Waals surface area contributed by atoms with Gasteiger partial charge < -0.3 is 5.21 Å². The normalized spacial score (nSPS) is 9.62. The monoisotopic (exact) mass is 114 g/mol. The largest absolute Gasteiger partial charge is 0.424 e. The smallest absolute Gasteiger partial charge is 0.360 e. The van der Waals surface area contributed by atoms with Crippen LogP contribution in [0.25, 0.3) is 0 Å². The summed E-state index contributed by atoms with van der Waals surface area (Å²) in [6.07, 6.45) is 2.75. The van der Waals surface area contributed by atoms with Crippen molar-refractivity contribution in [3.05, 3.63) is 22.9 Å². The molecule has 0 aliphatic rings. The van der Waals surface area contributed by atoms with Crippen molar-refractivity contribution in [3.8, 4) is 0 Å². The lowest BCUT2D eigenvalue weighted by Crippen LogP contribution is -2.19. The number of aryl methyl sites for hydroxylation is 1. The molecule has 0 unspecified atom stereocenters. The van der Waals surface area contributed by atoms with E-state index in [1.165, 1.54) is 17.0 Å². The van der Waals surface area contributed by atoms with Crippen molar-refractivity contribution >= 4 is 0 Å². The van der Waals surface area contributed by atoms with E-state index in [1.807, 2.05) is 0 Å². The first kappa shape index (κ1) is 4.96. The fraction of sp³-hybridized carbons (Fsp3) is 0.250. The lowest BCUT2D eigenvalue weighted by molar-refractivity contribution is 0.173. The predicted molar refractivity (Wildman–Crippen MR) is 26.9 cm³/mol. The first-order valence-corrected chi connectivity index (χ1v) is 2.15. The van der Waals surface area contributed by atoms with Crippen LogP contribution in [0.5, 0.6) is 0 Å². The van der Waals surface area contributed by atoms with Gasteiger partial charge in [0.15, 0.2) is 0 Å². The topological polar surface area (TPSA) is 47.2 Å². The maximum absolute atomic E-state index is 10.4. The molecule has 4 nitrogen and oxygen atoms in total. The van der Waals surface area contributed by atoms with Crippen molar-refractivity contribution in [3.63, 3.8) is 0 Å². The maximum atomic E-state index is 10.4. The first-order valence-electron chi connectivity index (χ1n) is 2.15. The number of rotatable bonds is 0. The molecule has 0 spiro atoms. The molecule has 8 heavy (non-hydrogen) atoms. The van der Waals surface area contributed by atoms with Gasteiger partial charge in [-0.3, -0.25) is 4.57 Å². The van der Waals surface area contributed by atoms with Gasteiger partial charge in [0.25, 0.3) is 0 Å². The van der Waals surface area contributed by atoms with Gasteiger partial charge in [-0.25, -0.2) is 4.79 Å². The van der Waals surface area contributed by atoms with Gasteiger partial charge in [-0.15, -0.1) is 4.73 Å². The molecular weight excluding hydrogens is 108 g/mol. The second-order valence-electron chi connectivity index (χ2n) is 1.54. The SMILES string of the molecule is Cn1ccn(O)c1=O. The molecular formula is C4H6N2O2. The van der Waals surface area contributed by atoms with Gasteiger partial charge in [0.05, 0.1) is 6.20 Å². The van der Waals surface area contributed by atoms with E-state index in [0.29, 0.717) is 4.73 Å². The Kier molecular flexibility index (Phi) is 0.865. The molecule has 0 aliphatic carbocycles. The fourth-order valence-electron chi connectivity index (χ4n) is 0.452. The lowest BCUT2D eigenvalue weighted by Gasteiger charge is -1.82. The minimum atomic E-state index is -0.426. The molecule has 1 rings (SSSR count). The van der Waals surface area contributed by atoms with Crippen molar-refractivity contribution in [1.82, 2.24) is 9.30 Å². The highest BCUT2D eigenvalue weighted by Crippen LogP contribution is 1.71. The molecule has 1 aromatic heterocycles. The van der Waals surface area contributed by atoms with Gasteiger partial charge in [-0.05, 0) is 0 Å². The van der Waals surface area contributed by atoms with Crippen molar-refractivity contribution < 1.29 is 5.21 Å². The standard InChI is InChI=1S/C4H6N2O2/c1-5-2-3-6(8)4(5)7/h2-3,8H,1H3. The summed E-state index contributed by atoms with van der Waals surface area (Å²) in [5.41, 5.74) is -0.426. The quantitative estimate of drug-likeness (QED) is 0.459. The summed E-state index contributed by atoms with van der Waals surface area (Å²) in [5.74, 6) is 0. The number of hydrogen-bond acceptors (Lipinski definition) is 2. The van der Waals surface area contributed by atoms with Gasteiger partial charge in [0, 0.05) is 13.2 Å².